The summed E-state index contributed by atoms with van der Waals surface area (Å²) >= 11 is 0. The minimum absolute atomic E-state index is 0. The molecule has 0 saturated heterocycles. The number of hydrogen-bond donors (Lipinski definition) is 2. The van der Waals surface area contributed by atoms with E-state index in [0.717, 1.165) is 25.7 Å². The Balaban J connectivity index is 0.00000324. The Morgan fingerprint density at radius 1 is 1.26 bits per heavy atom. The predicted octanol–water partition coefficient (Wildman–Crippen LogP) is 3.40. The molecule has 0 aliphatic heterocycles. The molecular formula is C14H22ClFN2O. The molecule has 0 fully saturated rings. The fourth-order valence-electron chi connectivity index (χ4n) is 1.73. The van der Waals surface area contributed by atoms with Crippen LogP contribution >= 0.6 is 12.4 Å². The number of rotatable bonds is 7. The molecule has 0 spiro atoms. The van der Waals surface area contributed by atoms with E-state index < -0.39 is 0 Å². The van der Waals surface area contributed by atoms with Crippen molar-refractivity contribution < 1.29 is 9.18 Å². The predicted molar refractivity (Wildman–Crippen MR) is 79.2 cm³/mol. The van der Waals surface area contributed by atoms with E-state index in [1.165, 1.54) is 6.07 Å². The van der Waals surface area contributed by atoms with Crippen LogP contribution in [0.2, 0.25) is 0 Å². The van der Waals surface area contributed by atoms with Crippen LogP contribution in [0.1, 0.15) is 37.7 Å². The van der Waals surface area contributed by atoms with Crippen molar-refractivity contribution in [3.63, 3.8) is 0 Å². The van der Waals surface area contributed by atoms with Crippen molar-refractivity contribution in [1.82, 2.24) is 0 Å². The maximum Gasteiger partial charge on any atom is 0.224 e. The SMILES string of the molecule is Cc1cc(NC(=O)CCCCCCN)ccc1F.Cl. The number of anilines is 1. The van der Waals surface area contributed by atoms with Gasteiger partial charge in [-0.3, -0.25) is 4.79 Å². The van der Waals surface area contributed by atoms with Gasteiger partial charge in [-0.2, -0.15) is 0 Å². The molecule has 1 amide bonds. The molecule has 1 aromatic carbocycles. The number of benzene rings is 1. The van der Waals surface area contributed by atoms with E-state index in [2.05, 4.69) is 5.32 Å². The summed E-state index contributed by atoms with van der Waals surface area (Å²) in [7, 11) is 0. The van der Waals surface area contributed by atoms with Gasteiger partial charge in [-0.1, -0.05) is 12.8 Å². The standard InChI is InChI=1S/C14H21FN2O.ClH/c1-11-10-12(7-8-13(11)15)17-14(18)6-4-2-3-5-9-16;/h7-8,10H,2-6,9,16H2,1H3,(H,17,18);1H. The van der Waals surface area contributed by atoms with E-state index in [4.69, 9.17) is 5.73 Å². The van der Waals surface area contributed by atoms with Crippen LogP contribution in [0.5, 0.6) is 0 Å². The molecule has 5 heteroatoms. The van der Waals surface area contributed by atoms with Crippen LogP contribution in [0, 0.1) is 12.7 Å². The molecule has 3 nitrogen and oxygen atoms in total. The van der Waals surface area contributed by atoms with E-state index in [1.54, 1.807) is 19.1 Å². The van der Waals surface area contributed by atoms with Gasteiger partial charge in [-0.15, -0.1) is 12.4 Å². The Labute approximate surface area is 120 Å². The first-order chi connectivity index (χ1) is 8.63. The van der Waals surface area contributed by atoms with Crippen LogP contribution in [0.15, 0.2) is 18.2 Å². The van der Waals surface area contributed by atoms with Gasteiger partial charge in [0.2, 0.25) is 5.91 Å². The zero-order valence-electron chi connectivity index (χ0n) is 11.2. The molecule has 0 saturated carbocycles. The molecule has 0 heterocycles. The summed E-state index contributed by atoms with van der Waals surface area (Å²) in [6.07, 6.45) is 4.47. The third kappa shape index (κ3) is 7.13. The number of hydrogen-bond acceptors (Lipinski definition) is 2. The molecule has 108 valence electrons. The summed E-state index contributed by atoms with van der Waals surface area (Å²) in [4.78, 5) is 11.6. The van der Waals surface area contributed by atoms with Gasteiger partial charge in [0.15, 0.2) is 0 Å². The van der Waals surface area contributed by atoms with Gasteiger partial charge in [0.05, 0.1) is 0 Å². The van der Waals surface area contributed by atoms with Crippen molar-refractivity contribution in [2.45, 2.75) is 39.0 Å². The molecule has 0 aliphatic rings. The number of nitrogens with one attached hydrogen (secondary N) is 1. The highest BCUT2D eigenvalue weighted by atomic mass is 35.5. The van der Waals surface area contributed by atoms with Crippen LogP contribution in [0.25, 0.3) is 0 Å². The zero-order valence-corrected chi connectivity index (χ0v) is 12.1. The lowest BCUT2D eigenvalue weighted by molar-refractivity contribution is -0.116. The van der Waals surface area contributed by atoms with Crippen molar-refractivity contribution in [3.05, 3.63) is 29.6 Å². The second-order valence-electron chi connectivity index (χ2n) is 4.47. The average molecular weight is 289 g/mol. The van der Waals surface area contributed by atoms with Gasteiger partial charge in [0, 0.05) is 12.1 Å². The van der Waals surface area contributed by atoms with E-state index in [0.29, 0.717) is 24.2 Å². The Kier molecular flexibility index (Phi) is 9.17. The van der Waals surface area contributed by atoms with Gasteiger partial charge in [0.1, 0.15) is 5.82 Å². The van der Waals surface area contributed by atoms with Crippen LogP contribution in [0.4, 0.5) is 10.1 Å². The molecular weight excluding hydrogens is 267 g/mol. The number of unbranched alkanes of at least 4 members (excludes halogenated alkanes) is 3. The first-order valence-electron chi connectivity index (χ1n) is 6.39. The number of aryl methyl sites for hydroxylation is 1. The highest BCUT2D eigenvalue weighted by Crippen LogP contribution is 2.14. The first kappa shape index (κ1) is 17.9. The molecule has 0 bridgehead atoms. The van der Waals surface area contributed by atoms with Gasteiger partial charge in [-0.25, -0.2) is 4.39 Å². The van der Waals surface area contributed by atoms with Crippen LogP contribution in [-0.2, 0) is 4.79 Å². The first-order valence-corrected chi connectivity index (χ1v) is 6.39. The second kappa shape index (κ2) is 9.75. The molecule has 0 unspecified atom stereocenters. The second-order valence-corrected chi connectivity index (χ2v) is 4.47. The quantitative estimate of drug-likeness (QED) is 0.756. The largest absolute Gasteiger partial charge is 0.330 e. The van der Waals surface area contributed by atoms with Gasteiger partial charge < -0.3 is 11.1 Å². The summed E-state index contributed by atoms with van der Waals surface area (Å²) in [6.45, 7) is 2.39. The Hall–Kier alpha value is -1.13. The third-order valence-electron chi connectivity index (χ3n) is 2.80. The Morgan fingerprint density at radius 2 is 1.95 bits per heavy atom. The normalized spacial score (nSPS) is 9.84. The lowest BCUT2D eigenvalue weighted by Crippen LogP contribution is -2.11. The van der Waals surface area contributed by atoms with Crippen LogP contribution in [0.3, 0.4) is 0 Å². The average Bonchev–Trinajstić information content (AvgIpc) is 2.34. The van der Waals surface area contributed by atoms with Gasteiger partial charge >= 0.3 is 0 Å². The summed E-state index contributed by atoms with van der Waals surface area (Å²) in [5.41, 5.74) is 6.58. The topological polar surface area (TPSA) is 55.1 Å². The Bertz CT molecular complexity index is 399. The number of nitrogens with two attached hydrogens (primary N) is 1. The fraction of sp³-hybridized carbons (Fsp3) is 0.500. The maximum atomic E-state index is 13.0. The minimum atomic E-state index is -0.255. The lowest BCUT2D eigenvalue weighted by Gasteiger charge is -2.06. The molecule has 1 aromatic rings. The summed E-state index contributed by atoms with van der Waals surface area (Å²) in [5.74, 6) is -0.274. The van der Waals surface area contributed by atoms with Gasteiger partial charge in [-0.05, 0) is 50.1 Å². The summed E-state index contributed by atoms with van der Waals surface area (Å²) in [5, 5.41) is 2.77. The van der Waals surface area contributed by atoms with Crippen molar-refractivity contribution in [1.29, 1.82) is 0 Å². The van der Waals surface area contributed by atoms with Crippen LogP contribution < -0.4 is 11.1 Å². The molecule has 3 N–H and O–H groups in total. The summed E-state index contributed by atoms with van der Waals surface area (Å²) in [6, 6.07) is 4.59. The monoisotopic (exact) mass is 288 g/mol. The summed E-state index contributed by atoms with van der Waals surface area (Å²) < 4.78 is 13.0. The Morgan fingerprint density at radius 3 is 2.58 bits per heavy atom. The molecule has 0 aromatic heterocycles. The van der Waals surface area contributed by atoms with Crippen molar-refractivity contribution >= 4 is 24.0 Å². The number of amides is 1. The fourth-order valence-corrected chi connectivity index (χ4v) is 1.73. The number of carbonyl (C=O) groups excluding carboxylic acids is 1. The van der Waals surface area contributed by atoms with Crippen molar-refractivity contribution in [3.8, 4) is 0 Å². The molecule has 1 rings (SSSR count). The number of halogens is 2. The van der Waals surface area contributed by atoms with Crippen molar-refractivity contribution in [2.24, 2.45) is 5.73 Å². The third-order valence-corrected chi connectivity index (χ3v) is 2.80. The van der Waals surface area contributed by atoms with E-state index in [1.807, 2.05) is 0 Å². The smallest absolute Gasteiger partial charge is 0.224 e. The molecule has 0 atom stereocenters. The molecule has 19 heavy (non-hydrogen) atoms. The number of carbonyl (C=O) groups is 1. The molecule has 0 radical (unpaired) electrons. The van der Waals surface area contributed by atoms with Crippen LogP contribution in [-0.4, -0.2) is 12.5 Å². The zero-order chi connectivity index (χ0) is 13.4. The highest BCUT2D eigenvalue weighted by molar-refractivity contribution is 5.90. The minimum Gasteiger partial charge on any atom is -0.330 e. The van der Waals surface area contributed by atoms with E-state index in [-0.39, 0.29) is 24.1 Å². The van der Waals surface area contributed by atoms with Crippen molar-refractivity contribution in [2.75, 3.05) is 11.9 Å². The highest BCUT2D eigenvalue weighted by Gasteiger charge is 2.04. The lowest BCUT2D eigenvalue weighted by atomic mass is 10.1. The maximum absolute atomic E-state index is 13.0. The van der Waals surface area contributed by atoms with Gasteiger partial charge in [0.25, 0.3) is 0 Å². The molecule has 0 aliphatic carbocycles. The van der Waals surface area contributed by atoms with E-state index >= 15 is 0 Å². The van der Waals surface area contributed by atoms with E-state index in [9.17, 15) is 9.18 Å².